The van der Waals surface area contributed by atoms with Crippen LogP contribution in [0.4, 0.5) is 0 Å². The normalized spacial score (nSPS) is 44.8. The Morgan fingerprint density at radius 3 is 1.37 bits per heavy atom. The van der Waals surface area contributed by atoms with Crippen molar-refractivity contribution in [2.24, 2.45) is 10.2 Å². The largest absolute Gasteiger partial charge is 0.388 e. The van der Waals surface area contributed by atoms with Crippen LogP contribution in [0.5, 0.6) is 0 Å². The van der Waals surface area contributed by atoms with Crippen LogP contribution in [0.25, 0.3) is 20.9 Å². The van der Waals surface area contributed by atoms with E-state index < -0.39 is 61.4 Å². The molecule has 6 N–H and O–H groups in total. The van der Waals surface area contributed by atoms with Crippen LogP contribution in [0, 0.1) is 0 Å². The molecule has 0 aliphatic carbocycles. The van der Waals surface area contributed by atoms with Gasteiger partial charge in [0.25, 0.3) is 0 Å². The van der Waals surface area contributed by atoms with Crippen molar-refractivity contribution >= 4 is 0 Å². The molecule has 2 aliphatic rings. The SMILES string of the molecule is [N-]=[N+]=NCC1OC(OC2OC(CN=[N+]=[N-])C(O)C(O)C2O)C(O)C(O)C1O. The van der Waals surface area contributed by atoms with Crippen molar-refractivity contribution in [3.63, 3.8) is 0 Å². The van der Waals surface area contributed by atoms with Gasteiger partial charge >= 0.3 is 0 Å². The Morgan fingerprint density at radius 1 is 0.667 bits per heavy atom. The molecule has 0 radical (unpaired) electrons. The zero-order chi connectivity index (χ0) is 20.1. The van der Waals surface area contributed by atoms with E-state index in [0.717, 1.165) is 0 Å². The topological polar surface area (TPSA) is 247 Å². The molecule has 0 amide bonds. The minimum atomic E-state index is -1.77. The van der Waals surface area contributed by atoms with Crippen LogP contribution < -0.4 is 0 Å². The van der Waals surface area contributed by atoms with Gasteiger partial charge in [-0.05, 0) is 11.1 Å². The summed E-state index contributed by atoms with van der Waals surface area (Å²) in [5.74, 6) is 0. The molecule has 2 saturated heterocycles. The molecule has 2 fully saturated rings. The predicted octanol–water partition coefficient (Wildman–Crippen LogP) is -2.76. The highest BCUT2D eigenvalue weighted by molar-refractivity contribution is 4.93. The number of aliphatic hydroxyl groups is 6. The standard InChI is InChI=1S/C12H20N6O9/c13-17-15-1-3-5(19)7(21)9(23)11(25-3)27-12-10(24)8(22)6(20)4(26-12)2-16-18-14/h3-12,19-24H,1-2H2. The lowest BCUT2D eigenvalue weighted by atomic mass is 9.97. The van der Waals surface area contributed by atoms with Gasteiger partial charge in [-0.3, -0.25) is 0 Å². The maximum atomic E-state index is 10.0. The highest BCUT2D eigenvalue weighted by atomic mass is 16.8. The Labute approximate surface area is 151 Å². The summed E-state index contributed by atoms with van der Waals surface area (Å²) >= 11 is 0. The molecule has 27 heavy (non-hydrogen) atoms. The molecule has 2 heterocycles. The van der Waals surface area contributed by atoms with Gasteiger partial charge in [0.15, 0.2) is 12.6 Å². The van der Waals surface area contributed by atoms with Gasteiger partial charge in [0.2, 0.25) is 0 Å². The number of nitrogens with zero attached hydrogens (tertiary/aromatic N) is 6. The van der Waals surface area contributed by atoms with Gasteiger partial charge in [-0.2, -0.15) is 0 Å². The second-order valence-corrected chi connectivity index (χ2v) is 5.99. The third-order valence-electron chi connectivity index (χ3n) is 4.25. The van der Waals surface area contributed by atoms with E-state index >= 15 is 0 Å². The molecule has 10 unspecified atom stereocenters. The van der Waals surface area contributed by atoms with Crippen LogP contribution >= 0.6 is 0 Å². The number of aliphatic hydroxyl groups excluding tert-OH is 6. The summed E-state index contributed by atoms with van der Waals surface area (Å²) < 4.78 is 15.8. The predicted molar refractivity (Wildman–Crippen MR) is 82.5 cm³/mol. The molecule has 0 saturated carbocycles. The van der Waals surface area contributed by atoms with Crippen molar-refractivity contribution in [2.45, 2.75) is 61.4 Å². The zero-order valence-electron chi connectivity index (χ0n) is 13.8. The quantitative estimate of drug-likeness (QED) is 0.155. The van der Waals surface area contributed by atoms with Crippen molar-refractivity contribution < 1.29 is 44.8 Å². The molecular weight excluding hydrogens is 372 g/mol. The number of ether oxygens (including phenoxy) is 3. The fourth-order valence-electron chi connectivity index (χ4n) is 2.73. The average Bonchev–Trinajstić information content (AvgIpc) is 2.66. The van der Waals surface area contributed by atoms with Crippen LogP contribution in [-0.4, -0.2) is 105 Å². The van der Waals surface area contributed by atoms with Gasteiger partial charge in [0, 0.05) is 9.82 Å². The first kappa shape index (κ1) is 21.6. The minimum absolute atomic E-state index is 0.379. The first-order chi connectivity index (χ1) is 12.8. The first-order valence-electron chi connectivity index (χ1n) is 7.88. The summed E-state index contributed by atoms with van der Waals surface area (Å²) in [6, 6.07) is 0. The monoisotopic (exact) mass is 392 g/mol. The van der Waals surface area contributed by atoms with Crippen LogP contribution in [0.3, 0.4) is 0 Å². The van der Waals surface area contributed by atoms with Gasteiger partial charge in [-0.15, -0.1) is 0 Å². The number of azide groups is 2. The Kier molecular flexibility index (Phi) is 7.55. The second-order valence-electron chi connectivity index (χ2n) is 5.99. The van der Waals surface area contributed by atoms with E-state index in [2.05, 4.69) is 20.1 Å². The fraction of sp³-hybridized carbons (Fsp3) is 1.00. The molecule has 2 aliphatic heterocycles. The maximum Gasteiger partial charge on any atom is 0.189 e. The highest BCUT2D eigenvalue weighted by Crippen LogP contribution is 2.28. The van der Waals surface area contributed by atoms with Gasteiger partial charge < -0.3 is 44.8 Å². The van der Waals surface area contributed by atoms with Crippen molar-refractivity contribution in [3.8, 4) is 0 Å². The summed E-state index contributed by atoms with van der Waals surface area (Å²) in [5.41, 5.74) is 16.7. The average molecular weight is 392 g/mol. The van der Waals surface area contributed by atoms with Crippen molar-refractivity contribution in [3.05, 3.63) is 20.9 Å². The third kappa shape index (κ3) is 4.76. The molecule has 0 spiro atoms. The lowest BCUT2D eigenvalue weighted by Gasteiger charge is -2.44. The smallest absolute Gasteiger partial charge is 0.189 e. The molecule has 0 aromatic heterocycles. The molecule has 0 aromatic carbocycles. The van der Waals surface area contributed by atoms with Crippen LogP contribution in [-0.2, 0) is 14.2 Å². The van der Waals surface area contributed by atoms with E-state index in [-0.39, 0.29) is 13.1 Å². The van der Waals surface area contributed by atoms with Crippen LogP contribution in [0.1, 0.15) is 0 Å². The van der Waals surface area contributed by atoms with E-state index in [0.29, 0.717) is 0 Å². The zero-order valence-corrected chi connectivity index (χ0v) is 13.8. The molecule has 10 atom stereocenters. The number of hydrogen-bond donors (Lipinski definition) is 6. The van der Waals surface area contributed by atoms with E-state index in [1.807, 2.05) is 0 Å². The van der Waals surface area contributed by atoms with Crippen molar-refractivity contribution in [2.75, 3.05) is 13.1 Å². The van der Waals surface area contributed by atoms with Crippen molar-refractivity contribution in [1.82, 2.24) is 0 Å². The van der Waals surface area contributed by atoms with Crippen LogP contribution in [0.15, 0.2) is 10.2 Å². The lowest BCUT2D eigenvalue weighted by Crippen LogP contribution is -2.63. The van der Waals surface area contributed by atoms with E-state index in [9.17, 15) is 30.6 Å². The first-order valence-corrected chi connectivity index (χ1v) is 7.88. The summed E-state index contributed by atoms with van der Waals surface area (Å²) in [6.45, 7) is -0.757. The Bertz CT molecular complexity index is 550. The van der Waals surface area contributed by atoms with Crippen LogP contribution in [0.2, 0.25) is 0 Å². The van der Waals surface area contributed by atoms with Gasteiger partial charge in [-0.1, -0.05) is 10.2 Å². The molecule has 15 nitrogen and oxygen atoms in total. The molecule has 0 bridgehead atoms. The minimum Gasteiger partial charge on any atom is -0.388 e. The van der Waals surface area contributed by atoms with Gasteiger partial charge in [0.1, 0.15) is 36.6 Å². The van der Waals surface area contributed by atoms with E-state index in [1.165, 1.54) is 0 Å². The summed E-state index contributed by atoms with van der Waals surface area (Å²) in [7, 11) is 0. The second kappa shape index (κ2) is 9.45. The van der Waals surface area contributed by atoms with E-state index in [1.54, 1.807) is 0 Å². The lowest BCUT2D eigenvalue weighted by molar-refractivity contribution is -0.371. The third-order valence-corrected chi connectivity index (χ3v) is 4.25. The van der Waals surface area contributed by atoms with Gasteiger partial charge in [0.05, 0.1) is 25.3 Å². The van der Waals surface area contributed by atoms with Crippen molar-refractivity contribution in [1.29, 1.82) is 0 Å². The highest BCUT2D eigenvalue weighted by Gasteiger charge is 2.49. The summed E-state index contributed by atoms with van der Waals surface area (Å²) in [6.07, 6.45) is -15.8. The van der Waals surface area contributed by atoms with E-state index in [4.69, 9.17) is 25.3 Å². The summed E-state index contributed by atoms with van der Waals surface area (Å²) in [5, 5.41) is 66.0. The Morgan fingerprint density at radius 2 is 1.04 bits per heavy atom. The molecule has 15 heteroatoms. The Hall–Kier alpha value is -1.74. The number of rotatable bonds is 6. The molecule has 0 aromatic rings. The fourth-order valence-corrected chi connectivity index (χ4v) is 2.73. The maximum absolute atomic E-state index is 10.0. The molecule has 152 valence electrons. The molecule has 2 rings (SSSR count). The van der Waals surface area contributed by atoms with Gasteiger partial charge in [-0.25, -0.2) is 0 Å². The Balaban J connectivity index is 2.11. The number of hydrogen-bond acceptors (Lipinski definition) is 11. The molecular formula is C12H20N6O9. The summed E-state index contributed by atoms with van der Waals surface area (Å²) in [4.78, 5) is 5.00.